The summed E-state index contributed by atoms with van der Waals surface area (Å²) in [5, 5.41) is 2.80. The first-order valence-corrected chi connectivity index (χ1v) is 3.59. The summed E-state index contributed by atoms with van der Waals surface area (Å²) in [7, 11) is 1.28. The predicted molar refractivity (Wildman–Crippen MR) is 38.0 cm³/mol. The lowest BCUT2D eigenvalue weighted by molar-refractivity contribution is -0.147. The van der Waals surface area contributed by atoms with Crippen LogP contribution in [0.4, 0.5) is 0 Å². The Morgan fingerprint density at radius 3 is 3.00 bits per heavy atom. The lowest BCUT2D eigenvalue weighted by atomic mass is 10.0. The zero-order valence-electron chi connectivity index (χ0n) is 6.42. The number of hydrogen-bond donors (Lipinski definition) is 1. The Hall–Kier alpha value is -0.900. The molecule has 0 aromatic rings. The summed E-state index contributed by atoms with van der Waals surface area (Å²) in [6, 6.07) is -0.714. The van der Waals surface area contributed by atoms with Gasteiger partial charge in [0.1, 0.15) is 0 Å². The standard InChI is InChI=1S/C7H11NO3/c1-11-7(10)6-5(9)3-2-4-8-6/h6,8H,2-4H2,1H3/t6-/m0/s1. The number of methoxy groups -OCH3 is 1. The maximum Gasteiger partial charge on any atom is 0.330 e. The fourth-order valence-electron chi connectivity index (χ4n) is 1.10. The lowest BCUT2D eigenvalue weighted by Gasteiger charge is -2.19. The fraction of sp³-hybridized carbons (Fsp3) is 0.714. The molecule has 0 aliphatic carbocycles. The van der Waals surface area contributed by atoms with Crippen LogP contribution in [-0.2, 0) is 14.3 Å². The topological polar surface area (TPSA) is 55.4 Å². The van der Waals surface area contributed by atoms with E-state index in [9.17, 15) is 9.59 Å². The minimum Gasteiger partial charge on any atom is -0.468 e. The number of nitrogens with one attached hydrogen (secondary N) is 1. The molecule has 1 aliphatic heterocycles. The van der Waals surface area contributed by atoms with Gasteiger partial charge < -0.3 is 4.74 Å². The van der Waals surface area contributed by atoms with Crippen LogP contribution < -0.4 is 5.32 Å². The minimum absolute atomic E-state index is 0.0666. The van der Waals surface area contributed by atoms with Gasteiger partial charge in [0.25, 0.3) is 0 Å². The van der Waals surface area contributed by atoms with Crippen molar-refractivity contribution in [1.29, 1.82) is 0 Å². The van der Waals surface area contributed by atoms with E-state index in [0.717, 1.165) is 6.42 Å². The Labute approximate surface area is 64.9 Å². The molecule has 0 unspecified atom stereocenters. The van der Waals surface area contributed by atoms with Gasteiger partial charge in [-0.05, 0) is 13.0 Å². The van der Waals surface area contributed by atoms with Crippen LogP contribution in [0.3, 0.4) is 0 Å². The van der Waals surface area contributed by atoms with Crippen molar-refractivity contribution >= 4 is 11.8 Å². The number of carbonyl (C=O) groups is 2. The Balaban J connectivity index is 2.54. The summed E-state index contributed by atoms with van der Waals surface area (Å²) in [6.45, 7) is 0.714. The van der Waals surface area contributed by atoms with E-state index in [-0.39, 0.29) is 5.78 Å². The molecule has 0 saturated carbocycles. The lowest BCUT2D eigenvalue weighted by Crippen LogP contribution is -2.47. The van der Waals surface area contributed by atoms with Gasteiger partial charge >= 0.3 is 5.97 Å². The largest absolute Gasteiger partial charge is 0.468 e. The van der Waals surface area contributed by atoms with Crippen LogP contribution in [0.5, 0.6) is 0 Å². The van der Waals surface area contributed by atoms with Gasteiger partial charge in [-0.1, -0.05) is 0 Å². The second kappa shape index (κ2) is 3.48. The number of ketones is 1. The molecule has 4 nitrogen and oxygen atoms in total. The molecule has 0 aromatic carbocycles. The van der Waals surface area contributed by atoms with Gasteiger partial charge in [0.2, 0.25) is 0 Å². The number of Topliss-reactive ketones (excluding diaryl/α,β-unsaturated/α-hetero) is 1. The van der Waals surface area contributed by atoms with Crippen LogP contribution in [0.2, 0.25) is 0 Å². The Morgan fingerprint density at radius 2 is 2.45 bits per heavy atom. The number of rotatable bonds is 1. The SMILES string of the molecule is COC(=O)[C@H]1NCCCC1=O. The molecule has 0 amide bonds. The van der Waals surface area contributed by atoms with Crippen molar-refractivity contribution in [3.05, 3.63) is 0 Å². The van der Waals surface area contributed by atoms with Gasteiger partial charge in [0.15, 0.2) is 11.8 Å². The summed E-state index contributed by atoms with van der Waals surface area (Å²) in [6.07, 6.45) is 1.29. The van der Waals surface area contributed by atoms with Crippen molar-refractivity contribution in [2.45, 2.75) is 18.9 Å². The van der Waals surface area contributed by atoms with Crippen molar-refractivity contribution in [3.8, 4) is 0 Å². The number of carbonyl (C=O) groups excluding carboxylic acids is 2. The number of ether oxygens (including phenoxy) is 1. The summed E-state index contributed by atoms with van der Waals surface area (Å²) in [4.78, 5) is 21.9. The summed E-state index contributed by atoms with van der Waals surface area (Å²) < 4.78 is 4.44. The van der Waals surface area contributed by atoms with E-state index in [1.54, 1.807) is 0 Å². The van der Waals surface area contributed by atoms with E-state index >= 15 is 0 Å². The molecule has 4 heteroatoms. The van der Waals surface area contributed by atoms with Crippen molar-refractivity contribution < 1.29 is 14.3 Å². The molecule has 1 heterocycles. The second-order valence-corrected chi connectivity index (χ2v) is 2.48. The highest BCUT2D eigenvalue weighted by atomic mass is 16.5. The molecule has 0 radical (unpaired) electrons. The molecule has 1 rings (SSSR count). The van der Waals surface area contributed by atoms with Crippen LogP contribution in [-0.4, -0.2) is 31.4 Å². The molecule has 1 atom stereocenters. The van der Waals surface area contributed by atoms with Crippen LogP contribution in [0.1, 0.15) is 12.8 Å². The highest BCUT2D eigenvalue weighted by Gasteiger charge is 2.28. The van der Waals surface area contributed by atoms with E-state index in [0.29, 0.717) is 13.0 Å². The van der Waals surface area contributed by atoms with Gasteiger partial charge in [-0.15, -0.1) is 0 Å². The second-order valence-electron chi connectivity index (χ2n) is 2.48. The van der Waals surface area contributed by atoms with Crippen molar-refractivity contribution in [2.75, 3.05) is 13.7 Å². The molecule has 11 heavy (non-hydrogen) atoms. The normalized spacial score (nSPS) is 24.8. The molecule has 62 valence electrons. The van der Waals surface area contributed by atoms with Crippen LogP contribution in [0, 0.1) is 0 Å². The number of hydrogen-bond acceptors (Lipinski definition) is 4. The monoisotopic (exact) mass is 157 g/mol. The third-order valence-corrected chi connectivity index (χ3v) is 1.71. The quantitative estimate of drug-likeness (QED) is 0.411. The van der Waals surface area contributed by atoms with E-state index in [2.05, 4.69) is 10.1 Å². The average Bonchev–Trinajstić information content (AvgIpc) is 2.04. The number of esters is 1. The summed E-state index contributed by atoms with van der Waals surface area (Å²) in [5.74, 6) is -0.544. The first kappa shape index (κ1) is 8.20. The molecule has 1 N–H and O–H groups in total. The Morgan fingerprint density at radius 1 is 1.73 bits per heavy atom. The van der Waals surface area contributed by atoms with Crippen LogP contribution in [0.25, 0.3) is 0 Å². The molecule has 1 saturated heterocycles. The van der Waals surface area contributed by atoms with Gasteiger partial charge in [-0.2, -0.15) is 0 Å². The third kappa shape index (κ3) is 1.77. The molecule has 0 spiro atoms. The Bertz CT molecular complexity index is 171. The van der Waals surface area contributed by atoms with Gasteiger partial charge in [0.05, 0.1) is 7.11 Å². The van der Waals surface area contributed by atoms with Gasteiger partial charge in [-0.3, -0.25) is 10.1 Å². The van der Waals surface area contributed by atoms with Gasteiger partial charge in [-0.25, -0.2) is 4.79 Å². The smallest absolute Gasteiger partial charge is 0.330 e. The van der Waals surface area contributed by atoms with Crippen LogP contribution >= 0.6 is 0 Å². The highest BCUT2D eigenvalue weighted by molar-refractivity contribution is 6.03. The zero-order chi connectivity index (χ0) is 8.27. The first-order chi connectivity index (χ1) is 5.25. The fourth-order valence-corrected chi connectivity index (χ4v) is 1.10. The maximum atomic E-state index is 11.0. The molecule has 0 aromatic heterocycles. The predicted octanol–water partition coefficient (Wildman–Crippen LogP) is -0.520. The van der Waals surface area contributed by atoms with Crippen molar-refractivity contribution in [2.24, 2.45) is 0 Å². The maximum absolute atomic E-state index is 11.0. The van der Waals surface area contributed by atoms with Crippen molar-refractivity contribution in [3.63, 3.8) is 0 Å². The first-order valence-electron chi connectivity index (χ1n) is 3.59. The molecular weight excluding hydrogens is 146 g/mol. The van der Waals surface area contributed by atoms with E-state index in [1.807, 2.05) is 0 Å². The van der Waals surface area contributed by atoms with E-state index in [1.165, 1.54) is 7.11 Å². The van der Waals surface area contributed by atoms with Crippen molar-refractivity contribution in [1.82, 2.24) is 5.32 Å². The molecule has 1 aliphatic rings. The molecule has 1 fully saturated rings. The Kier molecular flexibility index (Phi) is 2.59. The average molecular weight is 157 g/mol. The third-order valence-electron chi connectivity index (χ3n) is 1.71. The van der Waals surface area contributed by atoms with E-state index in [4.69, 9.17) is 0 Å². The van der Waals surface area contributed by atoms with Crippen LogP contribution in [0.15, 0.2) is 0 Å². The highest BCUT2D eigenvalue weighted by Crippen LogP contribution is 2.03. The summed E-state index contributed by atoms with van der Waals surface area (Å²) in [5.41, 5.74) is 0. The number of piperidine rings is 1. The summed E-state index contributed by atoms with van der Waals surface area (Å²) >= 11 is 0. The van der Waals surface area contributed by atoms with E-state index < -0.39 is 12.0 Å². The zero-order valence-corrected chi connectivity index (χ0v) is 6.42. The van der Waals surface area contributed by atoms with Gasteiger partial charge in [0, 0.05) is 6.42 Å². The minimum atomic E-state index is -0.714. The molecular formula is C7H11NO3. The molecule has 0 bridgehead atoms.